The van der Waals surface area contributed by atoms with Gasteiger partial charge in [-0.15, -0.1) is 0 Å². The van der Waals surface area contributed by atoms with Crippen molar-refractivity contribution in [2.45, 2.75) is 6.92 Å². The van der Waals surface area contributed by atoms with Crippen LogP contribution in [0.4, 0.5) is 5.13 Å². The summed E-state index contributed by atoms with van der Waals surface area (Å²) in [4.78, 5) is 19.2. The lowest BCUT2D eigenvalue weighted by Crippen LogP contribution is -2.18. The van der Waals surface area contributed by atoms with Crippen LogP contribution in [-0.4, -0.2) is 27.6 Å². The summed E-state index contributed by atoms with van der Waals surface area (Å²) in [5, 5.41) is 3.64. The molecule has 0 aromatic carbocycles. The lowest BCUT2D eigenvalue weighted by atomic mass is 10.3. The number of nitrogen functional groups attached to an aromatic ring is 1. The van der Waals surface area contributed by atoms with E-state index in [4.69, 9.17) is 11.5 Å². The van der Waals surface area contributed by atoms with Crippen LogP contribution in [0.15, 0.2) is 5.16 Å². The van der Waals surface area contributed by atoms with Gasteiger partial charge in [-0.3, -0.25) is 10.5 Å². The van der Waals surface area contributed by atoms with Crippen LogP contribution in [-0.2, 0) is 9.63 Å². The number of nitrogens with zero attached hydrogens (tertiary/aromatic N) is 3. The van der Waals surface area contributed by atoms with Crippen molar-refractivity contribution in [2.24, 2.45) is 5.16 Å². The number of rotatable bonds is 4. The van der Waals surface area contributed by atoms with E-state index in [1.807, 2.05) is 0 Å². The van der Waals surface area contributed by atoms with Gasteiger partial charge in [0.05, 0.1) is 0 Å². The van der Waals surface area contributed by atoms with Crippen LogP contribution >= 0.6 is 11.5 Å². The molecule has 0 bridgehead atoms. The summed E-state index contributed by atoms with van der Waals surface area (Å²) in [5.74, 6) is -0.975. The topological polar surface area (TPSA) is 114 Å². The van der Waals surface area contributed by atoms with Crippen LogP contribution < -0.4 is 11.5 Å². The van der Waals surface area contributed by atoms with Crippen molar-refractivity contribution < 1.29 is 9.63 Å². The third kappa shape index (κ3) is 2.39. The van der Waals surface area contributed by atoms with Crippen LogP contribution in [0.3, 0.4) is 0 Å². The zero-order valence-electron chi connectivity index (χ0n) is 7.35. The highest BCUT2D eigenvalue weighted by molar-refractivity contribution is 7.09. The molecule has 0 aliphatic carbocycles. The smallest absolute Gasteiger partial charge is 0.295 e. The van der Waals surface area contributed by atoms with Gasteiger partial charge in [0.2, 0.25) is 11.5 Å². The van der Waals surface area contributed by atoms with Crippen LogP contribution in [0.25, 0.3) is 0 Å². The van der Waals surface area contributed by atoms with Crippen molar-refractivity contribution in [2.75, 3.05) is 12.3 Å². The molecule has 3 N–H and O–H groups in total. The van der Waals surface area contributed by atoms with E-state index in [9.17, 15) is 4.79 Å². The predicted molar refractivity (Wildman–Crippen MR) is 50.6 cm³/mol. The molecule has 1 radical (unpaired) electrons. The third-order valence-corrected chi connectivity index (χ3v) is 1.70. The lowest BCUT2D eigenvalue weighted by Gasteiger charge is -1.95. The maximum Gasteiger partial charge on any atom is 0.295 e. The number of hydrogen-bond acceptors (Lipinski definition) is 7. The normalized spacial score (nSPS) is 11.4. The van der Waals surface area contributed by atoms with E-state index < -0.39 is 5.91 Å². The van der Waals surface area contributed by atoms with E-state index in [2.05, 4.69) is 19.4 Å². The van der Waals surface area contributed by atoms with Gasteiger partial charge in [-0.25, -0.2) is 0 Å². The predicted octanol–water partition coefficient (Wildman–Crippen LogP) is -0.330. The molecule has 1 heterocycles. The summed E-state index contributed by atoms with van der Waals surface area (Å²) < 4.78 is 3.74. The molecule has 1 amide bonds. The molecule has 0 aliphatic heterocycles. The zero-order chi connectivity index (χ0) is 10.6. The SMILES string of the molecule is CCON=C(C([NH])=O)c1nsc(N)n1. The Morgan fingerprint density at radius 2 is 2.50 bits per heavy atom. The van der Waals surface area contributed by atoms with Crippen molar-refractivity contribution >= 4 is 28.3 Å². The van der Waals surface area contributed by atoms with E-state index in [0.29, 0.717) is 6.61 Å². The summed E-state index contributed by atoms with van der Waals surface area (Å²) in [5.41, 5.74) is 12.0. The van der Waals surface area contributed by atoms with E-state index in [-0.39, 0.29) is 16.7 Å². The maximum absolute atomic E-state index is 10.8. The van der Waals surface area contributed by atoms with Gasteiger partial charge in [0, 0.05) is 11.5 Å². The molecule has 8 heteroatoms. The fraction of sp³-hybridized carbons (Fsp3) is 0.333. The maximum atomic E-state index is 10.8. The number of carbonyl (C=O) groups is 1. The van der Waals surface area contributed by atoms with Crippen molar-refractivity contribution in [3.8, 4) is 0 Å². The Labute approximate surface area is 83.9 Å². The van der Waals surface area contributed by atoms with Crippen molar-refractivity contribution in [1.82, 2.24) is 15.1 Å². The van der Waals surface area contributed by atoms with Gasteiger partial charge < -0.3 is 10.6 Å². The molecule has 0 unspecified atom stereocenters. The standard InChI is InChI=1S/C6H8N5O2S/c1-2-13-10-3(4(7)12)5-9-6(8)14-11-5/h7H,2H2,1H3,(H2,8,9,11). The number of nitrogens with one attached hydrogen (secondary N) is 1. The third-order valence-electron chi connectivity index (χ3n) is 1.15. The fourth-order valence-corrected chi connectivity index (χ4v) is 1.08. The van der Waals surface area contributed by atoms with Gasteiger partial charge in [0.25, 0.3) is 5.91 Å². The minimum atomic E-state index is -1.00. The first-order valence-electron chi connectivity index (χ1n) is 3.70. The largest absolute Gasteiger partial charge is 0.395 e. The second kappa shape index (κ2) is 4.51. The van der Waals surface area contributed by atoms with Gasteiger partial charge in [0.15, 0.2) is 5.13 Å². The Morgan fingerprint density at radius 1 is 1.79 bits per heavy atom. The molecule has 0 saturated carbocycles. The first kappa shape index (κ1) is 10.4. The minimum Gasteiger partial charge on any atom is -0.395 e. The second-order valence-corrected chi connectivity index (χ2v) is 2.93. The van der Waals surface area contributed by atoms with Gasteiger partial charge in [-0.2, -0.15) is 9.36 Å². The Bertz CT molecular complexity index is 361. The van der Waals surface area contributed by atoms with Crippen LogP contribution in [0.5, 0.6) is 0 Å². The highest BCUT2D eigenvalue weighted by Gasteiger charge is 2.17. The zero-order valence-corrected chi connectivity index (χ0v) is 8.17. The van der Waals surface area contributed by atoms with E-state index in [1.54, 1.807) is 6.92 Å². The molecule has 0 saturated heterocycles. The van der Waals surface area contributed by atoms with E-state index in [1.165, 1.54) is 0 Å². The van der Waals surface area contributed by atoms with Crippen molar-refractivity contribution in [3.05, 3.63) is 5.82 Å². The van der Waals surface area contributed by atoms with Crippen molar-refractivity contribution in [3.63, 3.8) is 0 Å². The second-order valence-electron chi connectivity index (χ2n) is 2.14. The quantitative estimate of drug-likeness (QED) is 0.544. The Morgan fingerprint density at radius 3 is 2.93 bits per heavy atom. The molecule has 1 aromatic heterocycles. The number of nitrogens with two attached hydrogens (primary N) is 1. The molecular formula is C6H8N5O2S. The van der Waals surface area contributed by atoms with Crippen LogP contribution in [0, 0.1) is 0 Å². The summed E-state index contributed by atoms with van der Waals surface area (Å²) in [6, 6.07) is 0. The monoisotopic (exact) mass is 214 g/mol. The molecule has 1 aromatic rings. The number of oxime groups is 1. The average molecular weight is 214 g/mol. The number of amides is 1. The molecule has 7 nitrogen and oxygen atoms in total. The van der Waals surface area contributed by atoms with Crippen LogP contribution in [0.2, 0.25) is 0 Å². The minimum absolute atomic E-state index is 0.0287. The summed E-state index contributed by atoms with van der Waals surface area (Å²) in [7, 11) is 0. The molecule has 1 rings (SSSR count). The molecule has 0 aliphatic rings. The summed E-state index contributed by atoms with van der Waals surface area (Å²) >= 11 is 0.928. The summed E-state index contributed by atoms with van der Waals surface area (Å²) in [6.45, 7) is 2.01. The first-order valence-corrected chi connectivity index (χ1v) is 4.48. The van der Waals surface area contributed by atoms with E-state index >= 15 is 0 Å². The lowest BCUT2D eigenvalue weighted by molar-refractivity contribution is -0.112. The highest BCUT2D eigenvalue weighted by atomic mass is 32.1. The molecule has 0 spiro atoms. The average Bonchev–Trinajstić information content (AvgIpc) is 2.52. The fourth-order valence-electron chi connectivity index (χ4n) is 0.644. The highest BCUT2D eigenvalue weighted by Crippen LogP contribution is 2.06. The molecule has 14 heavy (non-hydrogen) atoms. The number of carbonyl (C=O) groups excluding carboxylic acids is 1. The molecular weight excluding hydrogens is 206 g/mol. The van der Waals surface area contributed by atoms with Crippen LogP contribution in [0.1, 0.15) is 12.7 Å². The Hall–Kier alpha value is -1.70. The van der Waals surface area contributed by atoms with Gasteiger partial charge in [-0.1, -0.05) is 5.16 Å². The van der Waals surface area contributed by atoms with Gasteiger partial charge >= 0.3 is 0 Å². The van der Waals surface area contributed by atoms with E-state index in [0.717, 1.165) is 11.5 Å². The Kier molecular flexibility index (Phi) is 3.35. The summed E-state index contributed by atoms with van der Waals surface area (Å²) in [6.07, 6.45) is 0. The Balaban J connectivity index is 2.94. The number of hydrogen-bond donors (Lipinski definition) is 1. The molecule has 0 fully saturated rings. The number of anilines is 1. The number of aromatic nitrogens is 2. The van der Waals surface area contributed by atoms with Gasteiger partial charge in [-0.05, 0) is 6.92 Å². The molecule has 75 valence electrons. The van der Waals surface area contributed by atoms with Gasteiger partial charge in [0.1, 0.15) is 6.61 Å². The first-order chi connectivity index (χ1) is 6.65. The molecule has 0 atom stereocenters. The van der Waals surface area contributed by atoms with Crippen molar-refractivity contribution in [1.29, 1.82) is 0 Å².